The molecule has 1 aromatic carbocycles. The molecule has 2 aromatic rings. The number of nitrogens with zero attached hydrogens (tertiary/aromatic N) is 1. The van der Waals surface area contributed by atoms with Crippen molar-refractivity contribution in [3.05, 3.63) is 50.1 Å². The van der Waals surface area contributed by atoms with Gasteiger partial charge in [-0.15, -0.1) is 0 Å². The van der Waals surface area contributed by atoms with Gasteiger partial charge in [0, 0.05) is 10.6 Å². The molecule has 0 atom stereocenters. The molecule has 1 heterocycles. The zero-order chi connectivity index (χ0) is 14.7. The Morgan fingerprint density at radius 1 is 1.30 bits per heavy atom. The third kappa shape index (κ3) is 2.99. The van der Waals surface area contributed by atoms with Gasteiger partial charge in [-0.2, -0.15) is 0 Å². The minimum Gasteiger partial charge on any atom is -0.491 e. The second kappa shape index (κ2) is 6.05. The number of Topliss-reactive ketones (excluding diaryl/α,β-unsaturated/α-hetero) is 1. The first-order valence-electron chi connectivity index (χ1n) is 6.40. The highest BCUT2D eigenvalue weighted by Gasteiger charge is 2.09. The quantitative estimate of drug-likeness (QED) is 0.796. The van der Waals surface area contributed by atoms with Gasteiger partial charge in [-0.25, -0.2) is 0 Å². The molecule has 0 bridgehead atoms. The lowest BCUT2D eigenvalue weighted by Gasteiger charge is -2.10. The van der Waals surface area contributed by atoms with Crippen LogP contribution < -0.4 is 9.61 Å². The first kappa shape index (κ1) is 14.5. The van der Waals surface area contributed by atoms with Gasteiger partial charge in [0.2, 0.25) is 0 Å². The number of ether oxygens (including phenoxy) is 1. The monoisotopic (exact) mass is 291 g/mol. The van der Waals surface area contributed by atoms with Gasteiger partial charge < -0.3 is 4.74 Å². The van der Waals surface area contributed by atoms with Crippen molar-refractivity contribution in [1.29, 1.82) is 0 Å². The van der Waals surface area contributed by atoms with Crippen LogP contribution >= 0.6 is 11.3 Å². The molecule has 0 aliphatic carbocycles. The summed E-state index contributed by atoms with van der Waals surface area (Å²) in [7, 11) is 0. The highest BCUT2D eigenvalue weighted by atomic mass is 32.1. The Bertz CT molecular complexity index is 685. The Kier molecular flexibility index (Phi) is 4.39. The van der Waals surface area contributed by atoms with E-state index in [0.717, 1.165) is 10.6 Å². The molecule has 0 saturated heterocycles. The summed E-state index contributed by atoms with van der Waals surface area (Å²) in [6.07, 6.45) is 0. The van der Waals surface area contributed by atoms with Crippen LogP contribution in [0.25, 0.3) is 0 Å². The molecule has 5 heteroatoms. The number of aromatic nitrogens is 1. The summed E-state index contributed by atoms with van der Waals surface area (Å²) >= 11 is 1.25. The number of aryl methyl sites for hydroxylation is 1. The van der Waals surface area contributed by atoms with E-state index in [0.29, 0.717) is 24.5 Å². The third-order valence-corrected chi connectivity index (χ3v) is 4.21. The lowest BCUT2D eigenvalue weighted by molar-refractivity contribution is 0.101. The van der Waals surface area contributed by atoms with E-state index < -0.39 is 0 Å². The van der Waals surface area contributed by atoms with Crippen molar-refractivity contribution in [3.8, 4) is 5.75 Å². The summed E-state index contributed by atoms with van der Waals surface area (Å²) in [5.41, 5.74) is 1.54. The second-order valence-corrected chi connectivity index (χ2v) is 5.73. The second-order valence-electron chi connectivity index (χ2n) is 4.56. The Labute approximate surface area is 121 Å². The van der Waals surface area contributed by atoms with Gasteiger partial charge in [-0.05, 0) is 32.9 Å². The fraction of sp³-hybridized carbons (Fsp3) is 0.333. The first-order chi connectivity index (χ1) is 9.50. The minimum absolute atomic E-state index is 0.0275. The fourth-order valence-electron chi connectivity index (χ4n) is 1.98. The van der Waals surface area contributed by atoms with Gasteiger partial charge in [-0.3, -0.25) is 14.2 Å². The van der Waals surface area contributed by atoms with Crippen LogP contribution in [0.15, 0.2) is 29.1 Å². The predicted molar refractivity (Wildman–Crippen MR) is 80.0 cm³/mol. The van der Waals surface area contributed by atoms with Gasteiger partial charge in [-0.1, -0.05) is 23.5 Å². The standard InChI is InChI=1S/C15H17NO3S/c1-10-12(3)20-15(18)16(10)8-9-19-14-7-5-4-6-13(14)11(2)17/h4-7H,8-9H2,1-3H3. The molecule has 4 nitrogen and oxygen atoms in total. The highest BCUT2D eigenvalue weighted by Crippen LogP contribution is 2.18. The molecular weight excluding hydrogens is 274 g/mol. The number of para-hydroxylation sites is 1. The summed E-state index contributed by atoms with van der Waals surface area (Å²) in [5.74, 6) is 0.540. The topological polar surface area (TPSA) is 48.3 Å². The number of hydrogen-bond acceptors (Lipinski definition) is 4. The van der Waals surface area contributed by atoms with E-state index >= 15 is 0 Å². The Morgan fingerprint density at radius 3 is 2.60 bits per heavy atom. The number of benzene rings is 1. The number of carbonyl (C=O) groups is 1. The Balaban J connectivity index is 2.07. The van der Waals surface area contributed by atoms with Crippen molar-refractivity contribution < 1.29 is 9.53 Å². The van der Waals surface area contributed by atoms with Crippen molar-refractivity contribution in [1.82, 2.24) is 4.57 Å². The van der Waals surface area contributed by atoms with Gasteiger partial charge in [0.05, 0.1) is 12.1 Å². The highest BCUT2D eigenvalue weighted by molar-refractivity contribution is 7.09. The summed E-state index contributed by atoms with van der Waals surface area (Å²) in [6.45, 7) is 6.22. The smallest absolute Gasteiger partial charge is 0.307 e. The van der Waals surface area contributed by atoms with Crippen molar-refractivity contribution in [2.75, 3.05) is 6.61 Å². The van der Waals surface area contributed by atoms with E-state index in [1.165, 1.54) is 18.3 Å². The number of thiazole rings is 1. The number of carbonyl (C=O) groups excluding carboxylic acids is 1. The molecule has 2 rings (SSSR count). The molecule has 0 spiro atoms. The average molecular weight is 291 g/mol. The van der Waals surface area contributed by atoms with E-state index in [9.17, 15) is 9.59 Å². The number of rotatable bonds is 5. The van der Waals surface area contributed by atoms with Crippen molar-refractivity contribution in [3.63, 3.8) is 0 Å². The normalized spacial score (nSPS) is 10.6. The summed E-state index contributed by atoms with van der Waals surface area (Å²) < 4.78 is 7.35. The van der Waals surface area contributed by atoms with Crippen molar-refractivity contribution in [2.24, 2.45) is 0 Å². The van der Waals surface area contributed by atoms with Crippen LogP contribution in [0.4, 0.5) is 0 Å². The molecule has 1 aromatic heterocycles. The van der Waals surface area contributed by atoms with Crippen LogP contribution in [0.2, 0.25) is 0 Å². The first-order valence-corrected chi connectivity index (χ1v) is 7.22. The maximum atomic E-state index is 11.8. The Hall–Kier alpha value is -1.88. The van der Waals surface area contributed by atoms with E-state index in [2.05, 4.69) is 0 Å². The molecule has 0 unspecified atom stereocenters. The Morgan fingerprint density at radius 2 is 2.00 bits per heavy atom. The molecule has 106 valence electrons. The SMILES string of the molecule is CC(=O)c1ccccc1OCCn1c(C)c(C)sc1=O. The van der Waals surface area contributed by atoms with Gasteiger partial charge in [0.15, 0.2) is 5.78 Å². The van der Waals surface area contributed by atoms with Crippen LogP contribution in [-0.2, 0) is 6.54 Å². The van der Waals surface area contributed by atoms with E-state index in [4.69, 9.17) is 4.74 Å². The fourth-order valence-corrected chi connectivity index (χ4v) is 2.83. The predicted octanol–water partition coefficient (Wildman–Crippen LogP) is 2.81. The third-order valence-electron chi connectivity index (χ3n) is 3.21. The van der Waals surface area contributed by atoms with Crippen LogP contribution in [-0.4, -0.2) is 17.0 Å². The van der Waals surface area contributed by atoms with E-state index in [1.54, 1.807) is 22.8 Å². The van der Waals surface area contributed by atoms with E-state index in [1.807, 2.05) is 19.9 Å². The van der Waals surface area contributed by atoms with E-state index in [-0.39, 0.29) is 10.7 Å². The number of ketones is 1. The molecule has 0 fully saturated rings. The molecule has 0 aliphatic rings. The molecule has 0 radical (unpaired) electrons. The summed E-state index contributed by atoms with van der Waals surface area (Å²) in [6, 6.07) is 7.14. The van der Waals surface area contributed by atoms with Crippen LogP contribution in [0.5, 0.6) is 5.75 Å². The average Bonchev–Trinajstić information content (AvgIpc) is 2.65. The zero-order valence-corrected chi connectivity index (χ0v) is 12.6. The van der Waals surface area contributed by atoms with Gasteiger partial charge in [0.25, 0.3) is 0 Å². The largest absolute Gasteiger partial charge is 0.491 e. The van der Waals surface area contributed by atoms with Gasteiger partial charge >= 0.3 is 4.87 Å². The molecule has 0 N–H and O–H groups in total. The molecule has 0 aliphatic heterocycles. The lowest BCUT2D eigenvalue weighted by atomic mass is 10.1. The zero-order valence-electron chi connectivity index (χ0n) is 11.8. The van der Waals surface area contributed by atoms with Crippen LogP contribution in [0, 0.1) is 13.8 Å². The molecule has 0 amide bonds. The molecular formula is C15H17NO3S. The van der Waals surface area contributed by atoms with Crippen molar-refractivity contribution >= 4 is 17.1 Å². The van der Waals surface area contributed by atoms with Crippen molar-refractivity contribution in [2.45, 2.75) is 27.3 Å². The maximum Gasteiger partial charge on any atom is 0.307 e. The van der Waals surface area contributed by atoms with Gasteiger partial charge in [0.1, 0.15) is 12.4 Å². The molecule has 0 saturated carbocycles. The summed E-state index contributed by atoms with van der Waals surface area (Å²) in [5, 5.41) is 0. The van der Waals surface area contributed by atoms with Crippen LogP contribution in [0.3, 0.4) is 0 Å². The lowest BCUT2D eigenvalue weighted by Crippen LogP contribution is -2.19. The molecule has 20 heavy (non-hydrogen) atoms. The maximum absolute atomic E-state index is 11.8. The van der Waals surface area contributed by atoms with Crippen LogP contribution in [0.1, 0.15) is 27.9 Å². The minimum atomic E-state index is -0.0275. The summed E-state index contributed by atoms with van der Waals surface area (Å²) in [4.78, 5) is 24.3. The number of hydrogen-bond donors (Lipinski definition) is 0.